The van der Waals surface area contributed by atoms with Crippen LogP contribution in [0.5, 0.6) is 0 Å². The lowest BCUT2D eigenvalue weighted by atomic mass is 9.93. The summed E-state index contributed by atoms with van der Waals surface area (Å²) >= 11 is 0. The van der Waals surface area contributed by atoms with Gasteiger partial charge in [0, 0.05) is 42.5 Å². The summed E-state index contributed by atoms with van der Waals surface area (Å²) in [5.74, 6) is -1.06. The molecule has 0 radical (unpaired) electrons. The molecule has 1 amide bonds. The summed E-state index contributed by atoms with van der Waals surface area (Å²) in [7, 11) is 0. The molecular weight excluding hydrogens is 482 g/mol. The summed E-state index contributed by atoms with van der Waals surface area (Å²) in [6.07, 6.45) is 4.91. The number of carbonyl (C=O) groups excluding carboxylic acids is 1. The Hall–Kier alpha value is -3.74. The largest absolute Gasteiger partial charge is 0.371 e. The van der Waals surface area contributed by atoms with Gasteiger partial charge in [-0.3, -0.25) is 4.79 Å². The minimum atomic E-state index is -0.599. The number of benzene rings is 2. The van der Waals surface area contributed by atoms with Crippen LogP contribution >= 0.6 is 0 Å². The molecule has 2 fully saturated rings. The number of aromatic nitrogens is 2. The first kappa shape index (κ1) is 23.4. The van der Waals surface area contributed by atoms with E-state index in [4.69, 9.17) is 0 Å². The van der Waals surface area contributed by atoms with Crippen LogP contribution in [0.3, 0.4) is 0 Å². The Bertz CT molecular complexity index is 1570. The number of rotatable bonds is 4. The molecule has 7 heteroatoms. The first-order valence-corrected chi connectivity index (χ1v) is 13.7. The van der Waals surface area contributed by atoms with Crippen LogP contribution in [-0.2, 0) is 6.42 Å². The molecule has 7 rings (SSSR count). The Morgan fingerprint density at radius 3 is 2.53 bits per heavy atom. The van der Waals surface area contributed by atoms with Crippen LogP contribution in [0, 0.1) is 11.6 Å². The second-order valence-corrected chi connectivity index (χ2v) is 10.9. The smallest absolute Gasteiger partial charge is 0.257 e. The average Bonchev–Trinajstić information content (AvgIpc) is 3.43. The molecule has 38 heavy (non-hydrogen) atoms. The van der Waals surface area contributed by atoms with E-state index in [2.05, 4.69) is 16.1 Å². The topological polar surface area (TPSA) is 40.9 Å². The molecule has 1 atom stereocenters. The first-order valence-electron chi connectivity index (χ1n) is 13.7. The zero-order chi connectivity index (χ0) is 26.0. The van der Waals surface area contributed by atoms with E-state index in [1.165, 1.54) is 5.56 Å². The molecule has 1 saturated carbocycles. The van der Waals surface area contributed by atoms with Gasteiger partial charge in [-0.2, -0.15) is 5.10 Å². The Labute approximate surface area is 220 Å². The van der Waals surface area contributed by atoms with Crippen LogP contribution in [0.25, 0.3) is 16.8 Å². The van der Waals surface area contributed by atoms with Crippen LogP contribution in [0.2, 0.25) is 0 Å². The van der Waals surface area contributed by atoms with Crippen molar-refractivity contribution in [2.45, 2.75) is 51.0 Å². The summed E-state index contributed by atoms with van der Waals surface area (Å²) < 4.78 is 32.9. The summed E-state index contributed by atoms with van der Waals surface area (Å²) in [6.45, 7) is 4.40. The number of nitrogens with zero attached hydrogens (tertiary/aromatic N) is 4. The van der Waals surface area contributed by atoms with Crippen molar-refractivity contribution in [3.63, 3.8) is 0 Å². The first-order chi connectivity index (χ1) is 18.5. The van der Waals surface area contributed by atoms with Gasteiger partial charge in [-0.15, -0.1) is 0 Å². The van der Waals surface area contributed by atoms with Gasteiger partial charge in [0.15, 0.2) is 5.82 Å². The quantitative estimate of drug-likeness (QED) is 0.313. The van der Waals surface area contributed by atoms with Crippen molar-refractivity contribution >= 4 is 17.1 Å². The maximum atomic E-state index is 16.1. The van der Waals surface area contributed by atoms with Gasteiger partial charge in [0.25, 0.3) is 5.91 Å². The summed E-state index contributed by atoms with van der Waals surface area (Å²) in [6, 6.07) is 16.4. The molecular formula is C31H30F2N4O. The van der Waals surface area contributed by atoms with E-state index in [-0.39, 0.29) is 34.8 Å². The van der Waals surface area contributed by atoms with Crippen LogP contribution in [-0.4, -0.2) is 40.1 Å². The molecule has 2 aromatic carbocycles. The average molecular weight is 513 g/mol. The SMILES string of the molecule is C[C@@H]1c2ccccc2CCN1C(=O)c1cc(C2CC2)n2nc(-c3ccc(N4CCCC4)cc3F)cc2c1F. The van der Waals surface area contributed by atoms with Gasteiger partial charge < -0.3 is 9.80 Å². The molecule has 2 aromatic heterocycles. The highest BCUT2D eigenvalue weighted by Gasteiger charge is 2.34. The van der Waals surface area contributed by atoms with E-state index in [9.17, 15) is 4.79 Å². The maximum absolute atomic E-state index is 16.1. The van der Waals surface area contributed by atoms with E-state index in [1.807, 2.05) is 31.2 Å². The number of halogens is 2. The normalized spacial score (nSPS) is 19.3. The van der Waals surface area contributed by atoms with Crippen molar-refractivity contribution in [1.82, 2.24) is 14.5 Å². The zero-order valence-corrected chi connectivity index (χ0v) is 21.5. The lowest BCUT2D eigenvalue weighted by Gasteiger charge is -2.35. The molecule has 194 valence electrons. The Kier molecular flexibility index (Phi) is 5.49. The van der Waals surface area contributed by atoms with Crippen LogP contribution in [0.15, 0.2) is 54.6 Å². The number of hydrogen-bond acceptors (Lipinski definition) is 3. The lowest BCUT2D eigenvalue weighted by Crippen LogP contribution is -2.39. The number of amides is 1. The third-order valence-corrected chi connectivity index (χ3v) is 8.49. The molecule has 5 nitrogen and oxygen atoms in total. The van der Waals surface area contributed by atoms with Crippen molar-refractivity contribution in [3.8, 4) is 11.3 Å². The van der Waals surface area contributed by atoms with Crippen LogP contribution in [0.4, 0.5) is 14.5 Å². The van der Waals surface area contributed by atoms with Crippen molar-refractivity contribution in [2.24, 2.45) is 0 Å². The van der Waals surface area contributed by atoms with E-state index < -0.39 is 5.82 Å². The minimum absolute atomic E-state index is 0.0712. The Morgan fingerprint density at radius 1 is 0.974 bits per heavy atom. The lowest BCUT2D eigenvalue weighted by molar-refractivity contribution is 0.0673. The maximum Gasteiger partial charge on any atom is 0.257 e. The number of anilines is 1. The predicted octanol–water partition coefficient (Wildman–Crippen LogP) is 6.52. The summed E-state index contributed by atoms with van der Waals surface area (Å²) in [4.78, 5) is 17.7. The van der Waals surface area contributed by atoms with Gasteiger partial charge in [-0.05, 0) is 80.5 Å². The Morgan fingerprint density at radius 2 is 1.76 bits per heavy atom. The molecule has 0 N–H and O–H groups in total. The van der Waals surface area contributed by atoms with Gasteiger partial charge >= 0.3 is 0 Å². The highest BCUT2D eigenvalue weighted by molar-refractivity contribution is 5.96. The number of pyridine rings is 1. The van der Waals surface area contributed by atoms with Gasteiger partial charge in [0.2, 0.25) is 0 Å². The van der Waals surface area contributed by atoms with Crippen molar-refractivity contribution in [3.05, 3.63) is 88.6 Å². The van der Waals surface area contributed by atoms with E-state index in [0.29, 0.717) is 17.8 Å². The molecule has 1 saturated heterocycles. The standard InChI is InChI=1S/C31H30F2N4O/c1-19-23-7-3-2-6-20(23)12-15-36(19)31(38)25-17-28(21-8-9-21)37-29(30(25)33)18-27(34-37)24-11-10-22(16-26(24)32)35-13-4-5-14-35/h2-3,6-7,10-11,16-19,21H,4-5,8-9,12-15H2,1H3/t19-/m1/s1. The number of fused-ring (bicyclic) bond motifs is 2. The van der Waals surface area contributed by atoms with Gasteiger partial charge in [0.1, 0.15) is 11.3 Å². The second kappa shape index (κ2) is 8.93. The molecule has 0 spiro atoms. The third-order valence-electron chi connectivity index (χ3n) is 8.49. The molecule has 4 heterocycles. The number of hydrogen-bond donors (Lipinski definition) is 0. The van der Waals surface area contributed by atoms with Gasteiger partial charge in [-0.25, -0.2) is 13.3 Å². The third kappa shape index (κ3) is 3.79. The molecule has 0 bridgehead atoms. The fourth-order valence-corrected chi connectivity index (χ4v) is 6.19. The highest BCUT2D eigenvalue weighted by atomic mass is 19.1. The number of carbonyl (C=O) groups is 1. The van der Waals surface area contributed by atoms with E-state index in [0.717, 1.165) is 62.1 Å². The van der Waals surface area contributed by atoms with Crippen molar-refractivity contribution in [1.29, 1.82) is 0 Å². The molecule has 0 unspecified atom stereocenters. The second-order valence-electron chi connectivity index (χ2n) is 10.9. The van der Waals surface area contributed by atoms with Crippen LogP contribution in [0.1, 0.15) is 71.7 Å². The molecule has 4 aromatic rings. The van der Waals surface area contributed by atoms with Gasteiger partial charge in [0.05, 0.1) is 17.3 Å². The highest BCUT2D eigenvalue weighted by Crippen LogP contribution is 2.42. The zero-order valence-electron chi connectivity index (χ0n) is 21.5. The fourth-order valence-electron chi connectivity index (χ4n) is 6.19. The van der Waals surface area contributed by atoms with E-state index in [1.54, 1.807) is 33.7 Å². The van der Waals surface area contributed by atoms with Crippen molar-refractivity contribution in [2.75, 3.05) is 24.5 Å². The van der Waals surface area contributed by atoms with Crippen molar-refractivity contribution < 1.29 is 13.6 Å². The van der Waals surface area contributed by atoms with Gasteiger partial charge in [-0.1, -0.05) is 24.3 Å². The molecule has 3 aliphatic rings. The fraction of sp³-hybridized carbons (Fsp3) is 0.355. The summed E-state index contributed by atoms with van der Waals surface area (Å²) in [5, 5.41) is 4.65. The molecule has 1 aliphatic carbocycles. The monoisotopic (exact) mass is 512 g/mol. The summed E-state index contributed by atoms with van der Waals surface area (Å²) in [5.41, 5.74) is 5.03. The molecule has 2 aliphatic heterocycles. The van der Waals surface area contributed by atoms with Crippen LogP contribution < -0.4 is 4.90 Å². The van der Waals surface area contributed by atoms with E-state index >= 15 is 8.78 Å². The predicted molar refractivity (Wildman–Crippen MR) is 144 cm³/mol. The Balaban J connectivity index is 1.28. The minimum Gasteiger partial charge on any atom is -0.371 e.